The second-order valence-corrected chi connectivity index (χ2v) is 5.84. The zero-order chi connectivity index (χ0) is 17.6. The zero-order valence-electron chi connectivity index (χ0n) is 13.6. The highest BCUT2D eigenvalue weighted by Gasteiger charge is 2.34. The third-order valence-electron chi connectivity index (χ3n) is 3.85. The Kier molecular flexibility index (Phi) is 5.30. The monoisotopic (exact) mass is 341 g/mol. The van der Waals surface area contributed by atoms with E-state index in [1.54, 1.807) is 24.3 Å². The first-order valence-corrected chi connectivity index (χ1v) is 8.02. The Bertz CT molecular complexity index is 725. The maximum atomic E-state index is 11.7. The molecule has 6 heteroatoms. The molecule has 2 N–H and O–H groups in total. The summed E-state index contributed by atoms with van der Waals surface area (Å²) >= 11 is 0. The van der Waals surface area contributed by atoms with Crippen molar-refractivity contribution in [1.82, 2.24) is 5.32 Å². The number of carboxylic acid groups (broad SMARTS) is 1. The smallest absolute Gasteiger partial charge is 0.326 e. The van der Waals surface area contributed by atoms with Crippen LogP contribution in [0, 0.1) is 0 Å². The van der Waals surface area contributed by atoms with Crippen molar-refractivity contribution in [3.8, 4) is 5.75 Å². The summed E-state index contributed by atoms with van der Waals surface area (Å²) in [5.74, 6) is -0.747. The average Bonchev–Trinajstić information content (AvgIpc) is 3.46. The maximum absolute atomic E-state index is 11.7. The van der Waals surface area contributed by atoms with Crippen molar-refractivity contribution in [3.05, 3.63) is 65.7 Å². The summed E-state index contributed by atoms with van der Waals surface area (Å²) in [6.45, 7) is 0.820. The van der Waals surface area contributed by atoms with Crippen LogP contribution in [0.3, 0.4) is 0 Å². The SMILES string of the molecule is O=C(O)[C@H](Cc1ccc(OCc2ccccc2)cc1)NC(=O)[C@@H]1CO1. The van der Waals surface area contributed by atoms with Crippen LogP contribution >= 0.6 is 0 Å². The number of hydrogen-bond acceptors (Lipinski definition) is 4. The van der Waals surface area contributed by atoms with E-state index in [0.717, 1.165) is 11.1 Å². The Morgan fingerprint density at radius 2 is 1.80 bits per heavy atom. The Hall–Kier alpha value is -2.86. The normalized spacial score (nSPS) is 16.7. The third-order valence-corrected chi connectivity index (χ3v) is 3.85. The van der Waals surface area contributed by atoms with Gasteiger partial charge in [-0.15, -0.1) is 0 Å². The summed E-state index contributed by atoms with van der Waals surface area (Å²) in [5.41, 5.74) is 1.87. The zero-order valence-corrected chi connectivity index (χ0v) is 13.6. The number of ether oxygens (including phenoxy) is 2. The van der Waals surface area contributed by atoms with Crippen molar-refractivity contribution >= 4 is 11.9 Å². The highest BCUT2D eigenvalue weighted by atomic mass is 16.6. The summed E-state index contributed by atoms with van der Waals surface area (Å²) in [6, 6.07) is 16.0. The van der Waals surface area contributed by atoms with Crippen molar-refractivity contribution in [1.29, 1.82) is 0 Å². The van der Waals surface area contributed by atoms with Crippen molar-refractivity contribution in [2.45, 2.75) is 25.2 Å². The molecule has 2 atom stereocenters. The molecule has 0 radical (unpaired) electrons. The number of carbonyl (C=O) groups excluding carboxylic acids is 1. The minimum absolute atomic E-state index is 0.201. The van der Waals surface area contributed by atoms with Crippen LogP contribution in [0.1, 0.15) is 11.1 Å². The van der Waals surface area contributed by atoms with Crippen molar-refractivity contribution in [2.24, 2.45) is 0 Å². The van der Waals surface area contributed by atoms with Crippen LogP contribution < -0.4 is 10.1 Å². The predicted molar refractivity (Wildman–Crippen MR) is 90.2 cm³/mol. The van der Waals surface area contributed by atoms with E-state index in [0.29, 0.717) is 19.0 Å². The van der Waals surface area contributed by atoms with Gasteiger partial charge < -0.3 is 19.9 Å². The topological polar surface area (TPSA) is 88.2 Å². The van der Waals surface area contributed by atoms with Gasteiger partial charge in [-0.1, -0.05) is 42.5 Å². The minimum Gasteiger partial charge on any atom is -0.489 e. The van der Waals surface area contributed by atoms with Crippen LogP contribution in [0.15, 0.2) is 54.6 Å². The van der Waals surface area contributed by atoms with Crippen LogP contribution in [-0.2, 0) is 27.4 Å². The van der Waals surface area contributed by atoms with E-state index in [1.807, 2.05) is 30.3 Å². The number of aliphatic carboxylic acids is 1. The van der Waals surface area contributed by atoms with Gasteiger partial charge in [-0.2, -0.15) is 0 Å². The summed E-state index contributed by atoms with van der Waals surface area (Å²) in [4.78, 5) is 23.0. The fourth-order valence-electron chi connectivity index (χ4n) is 2.36. The first kappa shape index (κ1) is 17.0. The Labute approximate surface area is 145 Å². The molecule has 3 rings (SSSR count). The van der Waals surface area contributed by atoms with Gasteiger partial charge in [0.15, 0.2) is 6.10 Å². The van der Waals surface area contributed by atoms with Gasteiger partial charge in [0.25, 0.3) is 5.91 Å². The molecule has 2 aromatic rings. The molecule has 0 spiro atoms. The molecule has 1 amide bonds. The molecule has 1 heterocycles. The number of epoxide rings is 1. The highest BCUT2D eigenvalue weighted by molar-refractivity contribution is 5.87. The molecular formula is C19H19NO5. The van der Waals surface area contributed by atoms with Crippen LogP contribution in [0.5, 0.6) is 5.75 Å². The number of hydrogen-bond donors (Lipinski definition) is 2. The van der Waals surface area contributed by atoms with Crippen molar-refractivity contribution < 1.29 is 24.2 Å². The Morgan fingerprint density at radius 1 is 1.12 bits per heavy atom. The van der Waals surface area contributed by atoms with E-state index in [2.05, 4.69) is 5.32 Å². The van der Waals surface area contributed by atoms with Gasteiger partial charge in [0, 0.05) is 6.42 Å². The quantitative estimate of drug-likeness (QED) is 0.715. The second kappa shape index (κ2) is 7.81. The Balaban J connectivity index is 1.55. The molecule has 2 aromatic carbocycles. The Morgan fingerprint density at radius 3 is 2.40 bits per heavy atom. The van der Waals surface area contributed by atoms with Gasteiger partial charge in [-0.25, -0.2) is 4.79 Å². The lowest BCUT2D eigenvalue weighted by Crippen LogP contribution is -2.44. The summed E-state index contributed by atoms with van der Waals surface area (Å²) in [5, 5.41) is 11.8. The molecule has 25 heavy (non-hydrogen) atoms. The summed E-state index contributed by atoms with van der Waals surface area (Å²) < 4.78 is 10.6. The molecule has 1 aliphatic heterocycles. The molecule has 0 bridgehead atoms. The van der Waals surface area contributed by atoms with E-state index < -0.39 is 18.1 Å². The van der Waals surface area contributed by atoms with Crippen LogP contribution in [0.4, 0.5) is 0 Å². The lowest BCUT2D eigenvalue weighted by molar-refractivity contribution is -0.141. The highest BCUT2D eigenvalue weighted by Crippen LogP contribution is 2.16. The van der Waals surface area contributed by atoms with Crippen molar-refractivity contribution in [2.75, 3.05) is 6.61 Å². The lowest BCUT2D eigenvalue weighted by Gasteiger charge is -2.14. The predicted octanol–water partition coefficient (Wildman–Crippen LogP) is 1.78. The first-order valence-electron chi connectivity index (χ1n) is 8.02. The number of benzene rings is 2. The molecule has 0 unspecified atom stereocenters. The minimum atomic E-state index is -1.07. The van der Waals surface area contributed by atoms with Gasteiger partial charge >= 0.3 is 5.97 Å². The number of carboxylic acids is 1. The molecule has 0 aliphatic carbocycles. The van der Waals surface area contributed by atoms with E-state index >= 15 is 0 Å². The van der Waals surface area contributed by atoms with Crippen LogP contribution in [0.25, 0.3) is 0 Å². The van der Waals surface area contributed by atoms with Gasteiger partial charge in [0.1, 0.15) is 18.4 Å². The number of nitrogens with one attached hydrogen (secondary N) is 1. The third kappa shape index (κ3) is 5.06. The van der Waals surface area contributed by atoms with E-state index in [4.69, 9.17) is 9.47 Å². The number of carbonyl (C=O) groups is 2. The molecule has 130 valence electrons. The van der Waals surface area contributed by atoms with Gasteiger partial charge in [-0.3, -0.25) is 4.79 Å². The summed E-state index contributed by atoms with van der Waals surface area (Å²) in [6.07, 6.45) is -0.303. The van der Waals surface area contributed by atoms with E-state index in [-0.39, 0.29) is 12.3 Å². The first-order chi connectivity index (χ1) is 12.1. The number of rotatable bonds is 8. The van der Waals surface area contributed by atoms with Gasteiger partial charge in [0.05, 0.1) is 6.61 Å². The van der Waals surface area contributed by atoms with Crippen molar-refractivity contribution in [3.63, 3.8) is 0 Å². The fraction of sp³-hybridized carbons (Fsp3) is 0.263. The van der Waals surface area contributed by atoms with E-state index in [1.165, 1.54) is 0 Å². The second-order valence-electron chi connectivity index (χ2n) is 5.84. The molecule has 0 saturated carbocycles. The lowest BCUT2D eigenvalue weighted by atomic mass is 10.1. The number of amides is 1. The molecule has 1 saturated heterocycles. The van der Waals surface area contributed by atoms with Gasteiger partial charge in [0.2, 0.25) is 0 Å². The van der Waals surface area contributed by atoms with Gasteiger partial charge in [-0.05, 0) is 23.3 Å². The molecule has 6 nitrogen and oxygen atoms in total. The molecule has 1 fully saturated rings. The largest absolute Gasteiger partial charge is 0.489 e. The van der Waals surface area contributed by atoms with Crippen LogP contribution in [0.2, 0.25) is 0 Å². The van der Waals surface area contributed by atoms with E-state index in [9.17, 15) is 14.7 Å². The average molecular weight is 341 g/mol. The standard InChI is InChI=1S/C19H19NO5/c21-18(17-12-25-17)20-16(19(22)23)10-13-6-8-15(9-7-13)24-11-14-4-2-1-3-5-14/h1-9,16-17H,10-12H2,(H,20,21)(H,22,23)/t16-,17-/m0/s1. The molecule has 0 aromatic heterocycles. The summed E-state index contributed by atoms with van der Waals surface area (Å²) in [7, 11) is 0. The fourth-order valence-corrected chi connectivity index (χ4v) is 2.36. The molecule has 1 aliphatic rings. The molecular weight excluding hydrogens is 322 g/mol. The van der Waals surface area contributed by atoms with Crippen LogP contribution in [-0.4, -0.2) is 35.7 Å². The maximum Gasteiger partial charge on any atom is 0.326 e.